The normalized spacial score (nSPS) is 10.9. The van der Waals surface area contributed by atoms with Crippen molar-refractivity contribution < 1.29 is 4.79 Å². The molecule has 31 heavy (non-hydrogen) atoms. The van der Waals surface area contributed by atoms with Crippen molar-refractivity contribution in [1.82, 2.24) is 14.5 Å². The Labute approximate surface area is 187 Å². The third kappa shape index (κ3) is 6.07. The summed E-state index contributed by atoms with van der Waals surface area (Å²) in [5.74, 6) is 0.263. The largest absolute Gasteiger partial charge is 0.338 e. The maximum Gasteiger partial charge on any atom is 0.262 e. The van der Waals surface area contributed by atoms with Crippen LogP contribution < -0.4 is 5.56 Å². The number of amides is 1. The number of thioether (sulfide) groups is 1. The van der Waals surface area contributed by atoms with Crippen LogP contribution in [-0.2, 0) is 17.8 Å². The fourth-order valence-electron chi connectivity index (χ4n) is 3.46. The van der Waals surface area contributed by atoms with E-state index in [9.17, 15) is 9.59 Å². The lowest BCUT2D eigenvalue weighted by Crippen LogP contribution is -2.33. The maximum atomic E-state index is 13.2. The van der Waals surface area contributed by atoms with Gasteiger partial charge in [0.05, 0.1) is 16.7 Å². The highest BCUT2D eigenvalue weighted by Gasteiger charge is 2.16. The first-order valence-corrected chi connectivity index (χ1v) is 11.6. The Hall–Kier alpha value is -2.86. The van der Waals surface area contributed by atoms with Crippen molar-refractivity contribution in [2.24, 2.45) is 0 Å². The van der Waals surface area contributed by atoms with Crippen LogP contribution >= 0.6 is 11.8 Å². The Morgan fingerprint density at radius 2 is 1.84 bits per heavy atom. The molecule has 0 aliphatic carbocycles. The van der Waals surface area contributed by atoms with Gasteiger partial charge in [-0.2, -0.15) is 0 Å². The minimum absolute atomic E-state index is 0.0220. The fourth-order valence-corrected chi connectivity index (χ4v) is 4.39. The van der Waals surface area contributed by atoms with E-state index in [1.807, 2.05) is 56.3 Å². The molecule has 0 aliphatic heterocycles. The minimum atomic E-state index is -0.0529. The number of carbonyl (C=O) groups excluding carboxylic acids is 1. The third-order valence-corrected chi connectivity index (χ3v) is 6.00. The summed E-state index contributed by atoms with van der Waals surface area (Å²) in [6.45, 7) is 9.51. The summed E-state index contributed by atoms with van der Waals surface area (Å²) in [5.41, 5.74) is 2.80. The molecule has 3 rings (SSSR count). The summed E-state index contributed by atoms with van der Waals surface area (Å²) in [6.07, 6.45) is 1.70. The zero-order valence-corrected chi connectivity index (χ0v) is 19.0. The van der Waals surface area contributed by atoms with Crippen LogP contribution in [0.15, 0.2) is 76.7 Å². The summed E-state index contributed by atoms with van der Waals surface area (Å²) in [4.78, 5) is 32.4. The molecule has 1 amide bonds. The average molecular weight is 436 g/mol. The molecule has 0 atom stereocenters. The second-order valence-corrected chi connectivity index (χ2v) is 8.55. The van der Waals surface area contributed by atoms with Crippen LogP contribution in [0.2, 0.25) is 0 Å². The van der Waals surface area contributed by atoms with Crippen LogP contribution in [0.3, 0.4) is 0 Å². The summed E-state index contributed by atoms with van der Waals surface area (Å²) >= 11 is 1.33. The number of fused-ring (bicyclic) bond motifs is 1. The van der Waals surface area contributed by atoms with E-state index in [-0.39, 0.29) is 17.2 Å². The summed E-state index contributed by atoms with van der Waals surface area (Å²) in [6, 6.07) is 17.6. The van der Waals surface area contributed by atoms with Crippen LogP contribution in [0.25, 0.3) is 10.9 Å². The number of aryl methyl sites for hydroxylation is 1. The molecule has 5 nitrogen and oxygen atoms in total. The molecule has 2 aromatic carbocycles. The van der Waals surface area contributed by atoms with Gasteiger partial charge in [-0.05, 0) is 44.4 Å². The van der Waals surface area contributed by atoms with Crippen LogP contribution in [0, 0.1) is 0 Å². The molecule has 6 heteroatoms. The predicted molar refractivity (Wildman–Crippen MR) is 129 cm³/mol. The molecule has 0 N–H and O–H groups in total. The van der Waals surface area contributed by atoms with E-state index in [2.05, 4.69) is 18.7 Å². The van der Waals surface area contributed by atoms with Gasteiger partial charge in [0.15, 0.2) is 5.16 Å². The number of likely N-dealkylation sites (N-methyl/N-ethyl adjacent to an activating group) is 1. The number of rotatable bonds is 10. The summed E-state index contributed by atoms with van der Waals surface area (Å²) in [5, 5.41) is 1.20. The van der Waals surface area contributed by atoms with Crippen LogP contribution in [-0.4, -0.2) is 39.2 Å². The van der Waals surface area contributed by atoms with E-state index in [0.717, 1.165) is 18.4 Å². The van der Waals surface area contributed by atoms with E-state index in [0.29, 0.717) is 35.7 Å². The van der Waals surface area contributed by atoms with Gasteiger partial charge in [-0.15, -0.1) is 0 Å². The SMILES string of the molecule is C=C(C)CN(CC)C(=O)CSc1nc2ccccc2c(=O)n1CCCc1ccccc1. The average Bonchev–Trinajstić information content (AvgIpc) is 2.78. The molecule has 0 saturated carbocycles. The van der Waals surface area contributed by atoms with Gasteiger partial charge in [-0.25, -0.2) is 4.98 Å². The number of carbonyl (C=O) groups is 1. The van der Waals surface area contributed by atoms with Gasteiger partial charge < -0.3 is 4.90 Å². The lowest BCUT2D eigenvalue weighted by molar-refractivity contribution is -0.127. The van der Waals surface area contributed by atoms with Crippen molar-refractivity contribution in [2.45, 2.75) is 38.4 Å². The lowest BCUT2D eigenvalue weighted by Gasteiger charge is -2.21. The van der Waals surface area contributed by atoms with E-state index >= 15 is 0 Å². The summed E-state index contributed by atoms with van der Waals surface area (Å²) in [7, 11) is 0. The van der Waals surface area contributed by atoms with Crippen LogP contribution in [0.4, 0.5) is 0 Å². The Morgan fingerprint density at radius 3 is 2.55 bits per heavy atom. The predicted octanol–water partition coefficient (Wildman–Crippen LogP) is 4.55. The topological polar surface area (TPSA) is 55.2 Å². The van der Waals surface area contributed by atoms with E-state index in [4.69, 9.17) is 4.98 Å². The van der Waals surface area contributed by atoms with Gasteiger partial charge in [-0.1, -0.05) is 66.4 Å². The molecule has 0 fully saturated rings. The molecule has 0 radical (unpaired) electrons. The van der Waals surface area contributed by atoms with Crippen molar-refractivity contribution >= 4 is 28.6 Å². The molecule has 1 heterocycles. The molecule has 0 bridgehead atoms. The van der Waals surface area contributed by atoms with Gasteiger partial charge >= 0.3 is 0 Å². The monoisotopic (exact) mass is 435 g/mol. The number of benzene rings is 2. The molecular formula is C25H29N3O2S. The lowest BCUT2D eigenvalue weighted by atomic mass is 10.1. The standard InChI is InChI=1S/C25H29N3O2S/c1-4-27(17-19(2)3)23(29)18-31-25-26-22-15-9-8-14-21(22)24(30)28(25)16-10-13-20-11-6-5-7-12-20/h5-9,11-12,14-15H,2,4,10,13,16-18H2,1,3H3. The number of nitrogens with zero attached hydrogens (tertiary/aromatic N) is 3. The zero-order valence-electron chi connectivity index (χ0n) is 18.2. The van der Waals surface area contributed by atoms with Crippen molar-refractivity contribution in [1.29, 1.82) is 0 Å². The quantitative estimate of drug-likeness (QED) is 0.266. The van der Waals surface area contributed by atoms with E-state index < -0.39 is 0 Å². The molecular weight excluding hydrogens is 406 g/mol. The van der Waals surface area contributed by atoms with Crippen molar-refractivity contribution in [3.05, 3.63) is 82.7 Å². The molecule has 162 valence electrons. The van der Waals surface area contributed by atoms with E-state index in [1.165, 1.54) is 17.3 Å². The van der Waals surface area contributed by atoms with Crippen molar-refractivity contribution in [2.75, 3.05) is 18.8 Å². The third-order valence-electron chi connectivity index (χ3n) is 5.04. The van der Waals surface area contributed by atoms with Crippen LogP contribution in [0.5, 0.6) is 0 Å². The smallest absolute Gasteiger partial charge is 0.262 e. The molecule has 0 unspecified atom stereocenters. The number of aromatic nitrogens is 2. The second-order valence-electron chi connectivity index (χ2n) is 7.61. The molecule has 0 spiro atoms. The highest BCUT2D eigenvalue weighted by atomic mass is 32.2. The van der Waals surface area contributed by atoms with Crippen molar-refractivity contribution in [3.63, 3.8) is 0 Å². The van der Waals surface area contributed by atoms with Gasteiger partial charge in [0.2, 0.25) is 5.91 Å². The Morgan fingerprint density at radius 1 is 1.13 bits per heavy atom. The van der Waals surface area contributed by atoms with Gasteiger partial charge in [-0.3, -0.25) is 14.2 Å². The molecule has 0 aliphatic rings. The number of hydrogen-bond acceptors (Lipinski definition) is 4. The zero-order chi connectivity index (χ0) is 22.2. The fraction of sp³-hybridized carbons (Fsp3) is 0.320. The number of para-hydroxylation sites is 1. The van der Waals surface area contributed by atoms with Gasteiger partial charge in [0.25, 0.3) is 5.56 Å². The Balaban J connectivity index is 1.81. The second kappa shape index (κ2) is 11.0. The van der Waals surface area contributed by atoms with E-state index in [1.54, 1.807) is 9.47 Å². The molecule has 0 saturated heterocycles. The summed E-state index contributed by atoms with van der Waals surface area (Å²) < 4.78 is 1.72. The molecule has 1 aromatic heterocycles. The Kier molecular flexibility index (Phi) is 8.06. The number of hydrogen-bond donors (Lipinski definition) is 0. The van der Waals surface area contributed by atoms with Gasteiger partial charge in [0.1, 0.15) is 0 Å². The minimum Gasteiger partial charge on any atom is -0.338 e. The first kappa shape index (κ1) is 22.8. The van der Waals surface area contributed by atoms with Crippen molar-refractivity contribution in [3.8, 4) is 0 Å². The first-order valence-electron chi connectivity index (χ1n) is 10.6. The highest BCUT2D eigenvalue weighted by molar-refractivity contribution is 7.99. The Bertz CT molecular complexity index is 1110. The van der Waals surface area contributed by atoms with Crippen LogP contribution in [0.1, 0.15) is 25.8 Å². The van der Waals surface area contributed by atoms with Gasteiger partial charge in [0, 0.05) is 19.6 Å². The highest BCUT2D eigenvalue weighted by Crippen LogP contribution is 2.19. The maximum absolute atomic E-state index is 13.2. The first-order chi connectivity index (χ1) is 15.0. The molecule has 3 aromatic rings.